The first kappa shape index (κ1) is 8.16. The molecule has 0 aromatic carbocycles. The van der Waals surface area contributed by atoms with Crippen molar-refractivity contribution in [3.63, 3.8) is 0 Å². The largest absolute Gasteiger partial charge is 0.342 e. The van der Waals surface area contributed by atoms with Crippen molar-refractivity contribution in [1.82, 2.24) is 0 Å². The topological polar surface area (TPSA) is 44.8 Å². The molecule has 0 aromatic heterocycles. The average Bonchev–Trinajstić information content (AvgIpc) is 2.40. The number of rotatable bonds is 1. The third kappa shape index (κ3) is 1.26. The molecule has 2 aliphatic rings. The lowest BCUT2D eigenvalue weighted by Crippen LogP contribution is -2.25. The Bertz CT molecular complexity index is 185. The summed E-state index contributed by atoms with van der Waals surface area (Å²) in [6, 6.07) is 0. The maximum Gasteiger partial charge on any atom is 0.188 e. The van der Waals surface area contributed by atoms with Gasteiger partial charge in [0.15, 0.2) is 12.1 Å². The van der Waals surface area contributed by atoms with Gasteiger partial charge in [-0.2, -0.15) is 0 Å². The predicted octanol–water partition coefficient (Wildman–Crippen LogP) is 0.452. The van der Waals surface area contributed by atoms with Crippen molar-refractivity contribution in [2.45, 2.75) is 44.6 Å². The summed E-state index contributed by atoms with van der Waals surface area (Å²) in [5.74, 6) is -0.566. The molecule has 2 fully saturated rings. The highest BCUT2D eigenvalue weighted by atomic mass is 16.8. The van der Waals surface area contributed by atoms with Crippen LogP contribution in [0.3, 0.4) is 0 Å². The molecule has 4 nitrogen and oxygen atoms in total. The summed E-state index contributed by atoms with van der Waals surface area (Å²) >= 11 is 0. The van der Waals surface area contributed by atoms with Crippen LogP contribution in [0.1, 0.15) is 20.3 Å². The first-order valence-electron chi connectivity index (χ1n) is 4.07. The molecule has 12 heavy (non-hydrogen) atoms. The second kappa shape index (κ2) is 2.52. The van der Waals surface area contributed by atoms with Crippen molar-refractivity contribution in [3.8, 4) is 0 Å². The Morgan fingerprint density at radius 3 is 2.75 bits per heavy atom. The average molecular weight is 172 g/mol. The lowest BCUT2D eigenvalue weighted by molar-refractivity contribution is -0.202. The van der Waals surface area contributed by atoms with Gasteiger partial charge in [0.25, 0.3) is 0 Å². The fraction of sp³-hybridized carbons (Fsp3) is 0.875. The number of carbonyl (C=O) groups is 1. The highest BCUT2D eigenvalue weighted by Crippen LogP contribution is 2.36. The van der Waals surface area contributed by atoms with E-state index in [9.17, 15) is 4.79 Å². The van der Waals surface area contributed by atoms with Gasteiger partial charge in [0.05, 0.1) is 0 Å². The van der Waals surface area contributed by atoms with E-state index >= 15 is 0 Å². The maximum absolute atomic E-state index is 10.4. The summed E-state index contributed by atoms with van der Waals surface area (Å²) in [4.78, 5) is 10.4. The number of aldehydes is 1. The number of fused-ring (bicyclic) bond motifs is 1. The zero-order chi connectivity index (χ0) is 8.77. The molecular weight excluding hydrogens is 160 g/mol. The van der Waals surface area contributed by atoms with Gasteiger partial charge in [-0.3, -0.25) is 0 Å². The second-order valence-electron chi connectivity index (χ2n) is 3.59. The van der Waals surface area contributed by atoms with E-state index in [4.69, 9.17) is 14.2 Å². The zero-order valence-electron chi connectivity index (χ0n) is 7.15. The van der Waals surface area contributed by atoms with Gasteiger partial charge in [0.1, 0.15) is 18.5 Å². The maximum atomic E-state index is 10.4. The van der Waals surface area contributed by atoms with Crippen LogP contribution in [0.4, 0.5) is 0 Å². The van der Waals surface area contributed by atoms with E-state index in [1.165, 1.54) is 0 Å². The van der Waals surface area contributed by atoms with E-state index in [0.29, 0.717) is 6.42 Å². The predicted molar refractivity (Wildman–Crippen MR) is 39.4 cm³/mol. The Morgan fingerprint density at radius 2 is 2.17 bits per heavy atom. The summed E-state index contributed by atoms with van der Waals surface area (Å²) in [5.41, 5.74) is 0. The molecule has 3 atom stereocenters. The molecule has 0 saturated carbocycles. The van der Waals surface area contributed by atoms with Crippen LogP contribution < -0.4 is 0 Å². The minimum Gasteiger partial charge on any atom is -0.342 e. The summed E-state index contributed by atoms with van der Waals surface area (Å²) in [7, 11) is 0. The van der Waals surface area contributed by atoms with Gasteiger partial charge < -0.3 is 19.0 Å². The van der Waals surface area contributed by atoms with Crippen molar-refractivity contribution < 1.29 is 19.0 Å². The van der Waals surface area contributed by atoms with Crippen LogP contribution >= 0.6 is 0 Å². The van der Waals surface area contributed by atoms with Crippen LogP contribution in [0.5, 0.6) is 0 Å². The molecule has 2 rings (SSSR count). The minimum atomic E-state index is -0.566. The van der Waals surface area contributed by atoms with E-state index in [1.54, 1.807) is 0 Å². The Labute approximate surface area is 70.8 Å². The lowest BCUT2D eigenvalue weighted by atomic mass is 10.2. The van der Waals surface area contributed by atoms with Crippen LogP contribution in [0.2, 0.25) is 0 Å². The molecule has 2 heterocycles. The number of ether oxygens (including phenoxy) is 3. The van der Waals surface area contributed by atoms with Crippen molar-refractivity contribution in [1.29, 1.82) is 0 Å². The smallest absolute Gasteiger partial charge is 0.188 e. The SMILES string of the molecule is CC1(C)OC2O[C@H](C=O)C[C@@H]2O1. The van der Waals surface area contributed by atoms with Gasteiger partial charge in [-0.1, -0.05) is 0 Å². The summed E-state index contributed by atoms with van der Waals surface area (Å²) in [5, 5.41) is 0. The first-order valence-corrected chi connectivity index (χ1v) is 4.07. The van der Waals surface area contributed by atoms with Crippen molar-refractivity contribution >= 4 is 6.29 Å². The van der Waals surface area contributed by atoms with Gasteiger partial charge in [-0.15, -0.1) is 0 Å². The molecule has 68 valence electrons. The Balaban J connectivity index is 2.02. The van der Waals surface area contributed by atoms with Gasteiger partial charge >= 0.3 is 0 Å². The summed E-state index contributed by atoms with van der Waals surface area (Å²) in [6.45, 7) is 3.68. The van der Waals surface area contributed by atoms with Crippen LogP contribution in [0.25, 0.3) is 0 Å². The molecule has 2 saturated heterocycles. The van der Waals surface area contributed by atoms with Crippen molar-refractivity contribution in [3.05, 3.63) is 0 Å². The fourth-order valence-corrected chi connectivity index (χ4v) is 1.62. The third-order valence-electron chi connectivity index (χ3n) is 2.06. The Morgan fingerprint density at radius 1 is 1.42 bits per heavy atom. The van der Waals surface area contributed by atoms with Gasteiger partial charge in [-0.25, -0.2) is 0 Å². The minimum absolute atomic E-state index is 0.0739. The van der Waals surface area contributed by atoms with Gasteiger partial charge in [0.2, 0.25) is 0 Å². The van der Waals surface area contributed by atoms with Crippen LogP contribution in [0, 0.1) is 0 Å². The van der Waals surface area contributed by atoms with Gasteiger partial charge in [-0.05, 0) is 13.8 Å². The highest BCUT2D eigenvalue weighted by Gasteiger charge is 2.48. The standard InChI is InChI=1S/C8H12O4/c1-8(2)11-6-3-5(4-9)10-7(6)12-8/h4-7H,3H2,1-2H3/t5-,6-,7?/m0/s1. The van der Waals surface area contributed by atoms with Crippen molar-refractivity contribution in [2.75, 3.05) is 0 Å². The third-order valence-corrected chi connectivity index (χ3v) is 2.06. The molecule has 0 N–H and O–H groups in total. The lowest BCUT2D eigenvalue weighted by Gasteiger charge is -2.18. The molecule has 0 bridgehead atoms. The normalized spacial score (nSPS) is 44.3. The van der Waals surface area contributed by atoms with E-state index in [-0.39, 0.29) is 18.5 Å². The highest BCUT2D eigenvalue weighted by molar-refractivity contribution is 5.56. The number of hydrogen-bond donors (Lipinski definition) is 0. The van der Waals surface area contributed by atoms with Gasteiger partial charge in [0, 0.05) is 6.42 Å². The monoisotopic (exact) mass is 172 g/mol. The molecule has 4 heteroatoms. The molecule has 0 radical (unpaired) electrons. The van der Waals surface area contributed by atoms with Crippen LogP contribution in [-0.4, -0.2) is 30.6 Å². The Hall–Kier alpha value is -0.450. The molecular formula is C8H12O4. The summed E-state index contributed by atoms with van der Waals surface area (Å²) in [6.07, 6.45) is 0.622. The molecule has 2 aliphatic heterocycles. The van der Waals surface area contributed by atoms with E-state index in [2.05, 4.69) is 0 Å². The fourth-order valence-electron chi connectivity index (χ4n) is 1.62. The summed E-state index contributed by atoms with van der Waals surface area (Å²) < 4.78 is 16.2. The van der Waals surface area contributed by atoms with E-state index in [1.807, 2.05) is 13.8 Å². The molecule has 0 amide bonds. The molecule has 0 aliphatic carbocycles. The van der Waals surface area contributed by atoms with E-state index < -0.39 is 5.79 Å². The van der Waals surface area contributed by atoms with Crippen molar-refractivity contribution in [2.24, 2.45) is 0 Å². The number of carbonyl (C=O) groups excluding carboxylic acids is 1. The molecule has 0 aromatic rings. The quantitative estimate of drug-likeness (QED) is 0.539. The molecule has 0 spiro atoms. The van der Waals surface area contributed by atoms with E-state index in [0.717, 1.165) is 6.29 Å². The first-order chi connectivity index (χ1) is 5.61. The zero-order valence-corrected chi connectivity index (χ0v) is 7.15. The van der Waals surface area contributed by atoms with Crippen LogP contribution in [-0.2, 0) is 19.0 Å². The number of hydrogen-bond acceptors (Lipinski definition) is 4. The van der Waals surface area contributed by atoms with Crippen LogP contribution in [0.15, 0.2) is 0 Å². The Kier molecular flexibility index (Phi) is 1.71. The second-order valence-corrected chi connectivity index (χ2v) is 3.59. The molecule has 1 unspecified atom stereocenters.